The van der Waals surface area contributed by atoms with Gasteiger partial charge in [-0.25, -0.2) is 5.43 Å². The maximum atomic E-state index is 12.2. The molecular formula is C22H25N5O. The second-order valence-electron chi connectivity index (χ2n) is 6.38. The first-order chi connectivity index (χ1) is 13.7. The molecule has 0 saturated heterocycles. The molecule has 0 aliphatic rings. The van der Waals surface area contributed by atoms with Crippen LogP contribution in [0, 0.1) is 0 Å². The predicted octanol–water partition coefficient (Wildman–Crippen LogP) is 3.54. The monoisotopic (exact) mass is 375 g/mol. The number of carbonyl (C=O) groups excluding carboxylic acids is 1. The average molecular weight is 375 g/mol. The largest absolute Gasteiger partial charge is 0.372 e. The van der Waals surface area contributed by atoms with Crippen LogP contribution in [0.3, 0.4) is 0 Å². The van der Waals surface area contributed by atoms with Crippen LogP contribution < -0.4 is 10.3 Å². The summed E-state index contributed by atoms with van der Waals surface area (Å²) in [7, 11) is 0. The highest BCUT2D eigenvalue weighted by atomic mass is 16.2. The third kappa shape index (κ3) is 5.07. The predicted molar refractivity (Wildman–Crippen MR) is 113 cm³/mol. The number of hydrogen-bond acceptors (Lipinski definition) is 4. The van der Waals surface area contributed by atoms with E-state index < -0.39 is 0 Å². The number of amides is 1. The number of rotatable bonds is 8. The zero-order valence-electron chi connectivity index (χ0n) is 16.2. The molecule has 0 atom stereocenters. The third-order valence-electron chi connectivity index (χ3n) is 4.48. The van der Waals surface area contributed by atoms with Gasteiger partial charge in [-0.2, -0.15) is 10.2 Å². The standard InChI is InChI=1S/C22H25N5O/c1-3-26(4-2)21-12-10-20(11-13-21)22(28)25-23-14-19-15-24-27(17-19)16-18-8-6-5-7-9-18/h5-15,17H,3-4,16H2,1-2H3,(H,25,28)/b23-14-. The van der Waals surface area contributed by atoms with Gasteiger partial charge in [0.1, 0.15) is 0 Å². The first-order valence-electron chi connectivity index (χ1n) is 9.44. The van der Waals surface area contributed by atoms with Crippen LogP contribution in [0.5, 0.6) is 0 Å². The molecule has 1 aromatic heterocycles. The molecular weight excluding hydrogens is 350 g/mol. The Hall–Kier alpha value is -3.41. The normalized spacial score (nSPS) is 10.9. The van der Waals surface area contributed by atoms with E-state index in [1.807, 2.05) is 53.3 Å². The lowest BCUT2D eigenvalue weighted by molar-refractivity contribution is 0.0955. The van der Waals surface area contributed by atoms with E-state index in [9.17, 15) is 4.79 Å². The third-order valence-corrected chi connectivity index (χ3v) is 4.48. The van der Waals surface area contributed by atoms with E-state index in [2.05, 4.69) is 46.5 Å². The van der Waals surface area contributed by atoms with Crippen LogP contribution in [0.1, 0.15) is 35.3 Å². The molecule has 144 valence electrons. The summed E-state index contributed by atoms with van der Waals surface area (Å²) < 4.78 is 1.84. The molecule has 0 aliphatic heterocycles. The van der Waals surface area contributed by atoms with Gasteiger partial charge in [0.25, 0.3) is 5.91 Å². The minimum absolute atomic E-state index is 0.237. The molecule has 1 N–H and O–H groups in total. The number of hydrogen-bond donors (Lipinski definition) is 1. The van der Waals surface area contributed by atoms with Crippen molar-refractivity contribution in [3.8, 4) is 0 Å². The quantitative estimate of drug-likeness (QED) is 0.484. The van der Waals surface area contributed by atoms with E-state index in [1.54, 1.807) is 12.4 Å². The molecule has 2 aromatic carbocycles. The van der Waals surface area contributed by atoms with E-state index in [0.29, 0.717) is 12.1 Å². The molecule has 3 aromatic rings. The van der Waals surface area contributed by atoms with Crippen LogP contribution in [-0.2, 0) is 6.54 Å². The van der Waals surface area contributed by atoms with E-state index in [-0.39, 0.29) is 5.91 Å². The number of anilines is 1. The molecule has 0 aliphatic carbocycles. The van der Waals surface area contributed by atoms with Gasteiger partial charge in [0.15, 0.2) is 0 Å². The van der Waals surface area contributed by atoms with Crippen LogP contribution in [0.2, 0.25) is 0 Å². The van der Waals surface area contributed by atoms with Crippen molar-refractivity contribution in [2.75, 3.05) is 18.0 Å². The van der Waals surface area contributed by atoms with Gasteiger partial charge in [0.2, 0.25) is 0 Å². The SMILES string of the molecule is CCN(CC)c1ccc(C(=O)N/N=C\c2cnn(Cc3ccccc3)c2)cc1. The molecule has 0 fully saturated rings. The van der Waals surface area contributed by atoms with Gasteiger partial charge < -0.3 is 4.90 Å². The smallest absolute Gasteiger partial charge is 0.271 e. The lowest BCUT2D eigenvalue weighted by Gasteiger charge is -2.20. The summed E-state index contributed by atoms with van der Waals surface area (Å²) in [6.07, 6.45) is 5.20. The molecule has 1 heterocycles. The number of carbonyl (C=O) groups is 1. The Labute approximate surface area is 165 Å². The van der Waals surface area contributed by atoms with Crippen LogP contribution in [0.4, 0.5) is 5.69 Å². The lowest BCUT2D eigenvalue weighted by Crippen LogP contribution is -2.22. The van der Waals surface area contributed by atoms with Gasteiger partial charge in [-0.3, -0.25) is 9.48 Å². The first-order valence-corrected chi connectivity index (χ1v) is 9.44. The Balaban J connectivity index is 1.55. The van der Waals surface area contributed by atoms with Gasteiger partial charge in [0, 0.05) is 36.1 Å². The van der Waals surface area contributed by atoms with E-state index in [4.69, 9.17) is 0 Å². The fourth-order valence-corrected chi connectivity index (χ4v) is 2.95. The molecule has 28 heavy (non-hydrogen) atoms. The number of hydrazone groups is 1. The Bertz CT molecular complexity index is 912. The van der Waals surface area contributed by atoms with Crippen molar-refractivity contribution in [2.24, 2.45) is 5.10 Å². The molecule has 6 heteroatoms. The van der Waals surface area contributed by atoms with E-state index in [1.165, 1.54) is 5.56 Å². The van der Waals surface area contributed by atoms with Gasteiger partial charge in [-0.1, -0.05) is 30.3 Å². The summed E-state index contributed by atoms with van der Waals surface area (Å²) in [5.74, 6) is -0.237. The molecule has 0 saturated carbocycles. The summed E-state index contributed by atoms with van der Waals surface area (Å²) in [6, 6.07) is 17.7. The molecule has 0 radical (unpaired) electrons. The van der Waals surface area contributed by atoms with Crippen LogP contribution in [0.15, 0.2) is 72.1 Å². The zero-order chi connectivity index (χ0) is 19.8. The van der Waals surface area contributed by atoms with Crippen molar-refractivity contribution in [3.63, 3.8) is 0 Å². The molecule has 1 amide bonds. The molecule has 6 nitrogen and oxygen atoms in total. The number of benzene rings is 2. The number of nitrogens with zero attached hydrogens (tertiary/aromatic N) is 4. The van der Waals surface area contributed by atoms with Crippen molar-refractivity contribution in [2.45, 2.75) is 20.4 Å². The van der Waals surface area contributed by atoms with Crippen LogP contribution in [0.25, 0.3) is 0 Å². The summed E-state index contributed by atoms with van der Waals surface area (Å²) in [4.78, 5) is 14.5. The maximum absolute atomic E-state index is 12.2. The Morgan fingerprint density at radius 2 is 1.82 bits per heavy atom. The topological polar surface area (TPSA) is 62.5 Å². The number of aromatic nitrogens is 2. The molecule has 0 spiro atoms. The second kappa shape index (κ2) is 9.50. The summed E-state index contributed by atoms with van der Waals surface area (Å²) >= 11 is 0. The minimum Gasteiger partial charge on any atom is -0.372 e. The molecule has 0 unspecified atom stereocenters. The van der Waals surface area contributed by atoms with Crippen LogP contribution in [-0.4, -0.2) is 35.0 Å². The fourth-order valence-electron chi connectivity index (χ4n) is 2.95. The van der Waals surface area contributed by atoms with Gasteiger partial charge in [0.05, 0.1) is 19.0 Å². The van der Waals surface area contributed by atoms with Gasteiger partial charge in [-0.15, -0.1) is 0 Å². The zero-order valence-corrected chi connectivity index (χ0v) is 16.2. The summed E-state index contributed by atoms with van der Waals surface area (Å²) in [5, 5.41) is 8.36. The molecule has 0 bridgehead atoms. The Morgan fingerprint density at radius 3 is 2.50 bits per heavy atom. The van der Waals surface area contributed by atoms with Crippen molar-refractivity contribution in [1.29, 1.82) is 0 Å². The Kier molecular flexibility index (Phi) is 6.57. The minimum atomic E-state index is -0.237. The highest BCUT2D eigenvalue weighted by Gasteiger charge is 2.06. The fraction of sp³-hybridized carbons (Fsp3) is 0.227. The average Bonchev–Trinajstić information content (AvgIpc) is 3.17. The highest BCUT2D eigenvalue weighted by Crippen LogP contribution is 2.14. The Morgan fingerprint density at radius 1 is 1.11 bits per heavy atom. The van der Waals surface area contributed by atoms with Crippen molar-refractivity contribution < 1.29 is 4.79 Å². The van der Waals surface area contributed by atoms with Crippen molar-refractivity contribution in [3.05, 3.63) is 83.7 Å². The first kappa shape index (κ1) is 19.4. The number of nitrogens with one attached hydrogen (secondary N) is 1. The lowest BCUT2D eigenvalue weighted by atomic mass is 10.2. The second-order valence-corrected chi connectivity index (χ2v) is 6.38. The summed E-state index contributed by atoms with van der Waals surface area (Å²) in [5.41, 5.74) is 6.25. The van der Waals surface area contributed by atoms with E-state index in [0.717, 1.165) is 24.3 Å². The molecule has 3 rings (SSSR count). The van der Waals surface area contributed by atoms with Gasteiger partial charge in [-0.05, 0) is 43.7 Å². The maximum Gasteiger partial charge on any atom is 0.271 e. The summed E-state index contributed by atoms with van der Waals surface area (Å²) in [6.45, 7) is 6.79. The van der Waals surface area contributed by atoms with Gasteiger partial charge >= 0.3 is 0 Å². The van der Waals surface area contributed by atoms with Crippen LogP contribution >= 0.6 is 0 Å². The van der Waals surface area contributed by atoms with E-state index >= 15 is 0 Å². The van der Waals surface area contributed by atoms with Crippen molar-refractivity contribution >= 4 is 17.8 Å². The van der Waals surface area contributed by atoms with Crippen molar-refractivity contribution in [1.82, 2.24) is 15.2 Å². The highest BCUT2D eigenvalue weighted by molar-refractivity contribution is 5.95.